The number of hydrogen-bond donors (Lipinski definition) is 0. The summed E-state index contributed by atoms with van der Waals surface area (Å²) in [7, 11) is 1.65. The van der Waals surface area contributed by atoms with Gasteiger partial charge in [0.05, 0.1) is 11.6 Å². The van der Waals surface area contributed by atoms with Crippen molar-refractivity contribution in [1.82, 2.24) is 4.67 Å². The van der Waals surface area contributed by atoms with Gasteiger partial charge in [-0.25, -0.2) is 0 Å². The molecule has 3 nitrogen and oxygen atoms in total. The molecular formula is C22H34N2OP2. The van der Waals surface area contributed by atoms with Crippen molar-refractivity contribution in [3.63, 3.8) is 0 Å². The van der Waals surface area contributed by atoms with E-state index in [1.54, 1.807) is 12.1 Å². The zero-order chi connectivity index (χ0) is 18.5. The summed E-state index contributed by atoms with van der Waals surface area (Å²) in [5, 5.41) is 8.29. The van der Waals surface area contributed by atoms with E-state index in [2.05, 4.69) is 25.7 Å². The van der Waals surface area contributed by atoms with Crippen LogP contribution in [0, 0.1) is 24.2 Å². The normalized spacial score (nSPS) is 15.1. The van der Waals surface area contributed by atoms with Crippen molar-refractivity contribution < 1.29 is 4.79 Å². The fourth-order valence-electron chi connectivity index (χ4n) is 2.12. The van der Waals surface area contributed by atoms with Gasteiger partial charge in [-0.1, -0.05) is 84.1 Å². The molecule has 1 heterocycles. The Labute approximate surface area is 169 Å². The van der Waals surface area contributed by atoms with Gasteiger partial charge in [-0.15, -0.1) is 0 Å². The number of rotatable bonds is 2. The van der Waals surface area contributed by atoms with Crippen LogP contribution in [0.2, 0.25) is 0 Å². The number of amides is 1. The third kappa shape index (κ3) is 11.6. The molecule has 27 heavy (non-hydrogen) atoms. The second-order valence-electron chi connectivity index (χ2n) is 5.67. The molecule has 3 unspecified atom stereocenters. The van der Waals surface area contributed by atoms with E-state index in [1.165, 1.54) is 5.56 Å². The van der Waals surface area contributed by atoms with Gasteiger partial charge in [0, 0.05) is 20.9 Å². The Morgan fingerprint density at radius 3 is 1.85 bits per heavy atom. The highest BCUT2D eigenvalue weighted by Crippen LogP contribution is 2.40. The lowest BCUT2D eigenvalue weighted by atomic mass is 10.1. The minimum Gasteiger partial charge on any atom is -0.321 e. The minimum absolute atomic E-state index is 0. The highest BCUT2D eigenvalue weighted by Gasteiger charge is 2.26. The Morgan fingerprint density at radius 1 is 1.04 bits per heavy atom. The van der Waals surface area contributed by atoms with Gasteiger partial charge in [0.2, 0.25) is 5.91 Å². The number of carbonyl (C=O) groups excluding carboxylic acids is 1. The van der Waals surface area contributed by atoms with Crippen LogP contribution in [0.4, 0.5) is 0 Å². The largest absolute Gasteiger partial charge is 0.321 e. The van der Waals surface area contributed by atoms with E-state index < -0.39 is 0 Å². The molecule has 0 saturated carbocycles. The molecule has 0 aromatic heterocycles. The van der Waals surface area contributed by atoms with Gasteiger partial charge in [0.15, 0.2) is 0 Å². The summed E-state index contributed by atoms with van der Waals surface area (Å²) < 4.78 is 2.00. The van der Waals surface area contributed by atoms with Crippen LogP contribution in [-0.2, 0) is 4.79 Å². The van der Waals surface area contributed by atoms with Gasteiger partial charge in [-0.2, -0.15) is 5.26 Å². The summed E-state index contributed by atoms with van der Waals surface area (Å²) in [4.78, 5) is 11.2. The summed E-state index contributed by atoms with van der Waals surface area (Å²) >= 11 is 0. The van der Waals surface area contributed by atoms with E-state index in [9.17, 15) is 4.79 Å². The van der Waals surface area contributed by atoms with Crippen LogP contribution in [0.3, 0.4) is 0 Å². The molecule has 0 N–H and O–H groups in total. The molecular weight excluding hydrogens is 370 g/mol. The van der Waals surface area contributed by atoms with Crippen LogP contribution in [0.25, 0.3) is 0 Å². The third-order valence-corrected chi connectivity index (χ3v) is 5.98. The first-order valence-corrected chi connectivity index (χ1v) is 11.7. The smallest absolute Gasteiger partial charge is 0.228 e. The van der Waals surface area contributed by atoms with E-state index in [4.69, 9.17) is 5.26 Å². The number of benzene rings is 2. The van der Waals surface area contributed by atoms with Gasteiger partial charge in [-0.3, -0.25) is 4.79 Å². The van der Waals surface area contributed by atoms with Crippen molar-refractivity contribution in [2.24, 2.45) is 5.92 Å². The molecule has 0 bridgehead atoms. The molecule has 2 aromatic rings. The Morgan fingerprint density at radius 2 is 1.56 bits per heavy atom. The predicted octanol–water partition coefficient (Wildman–Crippen LogP) is 6.50. The first kappa shape index (κ1) is 27.5. The van der Waals surface area contributed by atoms with Crippen molar-refractivity contribution >= 4 is 22.6 Å². The van der Waals surface area contributed by atoms with E-state index in [0.717, 1.165) is 29.7 Å². The summed E-state index contributed by atoms with van der Waals surface area (Å²) in [5.41, 5.74) is 2.04. The molecule has 3 rings (SSSR count). The first-order valence-electron chi connectivity index (χ1n) is 8.29. The van der Waals surface area contributed by atoms with Crippen molar-refractivity contribution in [2.45, 2.75) is 35.1 Å². The van der Waals surface area contributed by atoms with Crippen LogP contribution >= 0.6 is 16.7 Å². The van der Waals surface area contributed by atoms with Crippen LogP contribution in [0.1, 0.15) is 39.3 Å². The van der Waals surface area contributed by atoms with Crippen LogP contribution in [-0.4, -0.2) is 23.8 Å². The van der Waals surface area contributed by atoms with Gasteiger partial charge in [-0.05, 0) is 32.1 Å². The van der Waals surface area contributed by atoms with Gasteiger partial charge in [0.1, 0.15) is 0 Å². The maximum absolute atomic E-state index is 11.2. The van der Waals surface area contributed by atoms with Gasteiger partial charge >= 0.3 is 0 Å². The molecule has 0 aliphatic carbocycles. The fourth-order valence-corrected chi connectivity index (χ4v) is 4.43. The quantitative estimate of drug-likeness (QED) is 0.537. The van der Waals surface area contributed by atoms with Crippen LogP contribution in [0.15, 0.2) is 60.7 Å². The summed E-state index contributed by atoms with van der Waals surface area (Å²) in [6.07, 6.45) is 1.07. The van der Waals surface area contributed by atoms with Crippen LogP contribution in [0.5, 0.6) is 0 Å². The lowest BCUT2D eigenvalue weighted by Gasteiger charge is -2.13. The number of aryl methyl sites for hydroxylation is 1. The van der Waals surface area contributed by atoms with E-state index in [-0.39, 0.29) is 14.9 Å². The van der Waals surface area contributed by atoms with Crippen molar-refractivity contribution in [1.29, 1.82) is 5.26 Å². The molecule has 1 aliphatic rings. The molecule has 148 valence electrons. The highest BCUT2D eigenvalue weighted by molar-refractivity contribution is 8.10. The standard InChI is InChI=1S/C7H5N.C7H8.C6H13NOP2.2CH4/c8-6-7-4-2-1-3-5-7;1-7-5-3-2-4-6-7;1-5-3-4-7(6(5)8)10-9-2;;/h1-5H;2-6H,1H3;5,9-10H,3-4H2,1-2H3;2*1H4. The second kappa shape index (κ2) is 16.4. The third-order valence-electron chi connectivity index (χ3n) is 3.56. The zero-order valence-corrected chi connectivity index (χ0v) is 17.1. The van der Waals surface area contributed by atoms with E-state index in [0.29, 0.717) is 17.4 Å². The molecule has 3 atom stereocenters. The minimum atomic E-state index is 0. The van der Waals surface area contributed by atoms with Gasteiger partial charge in [0.25, 0.3) is 0 Å². The summed E-state index contributed by atoms with van der Waals surface area (Å²) in [6.45, 7) is 7.25. The average molecular weight is 404 g/mol. The summed E-state index contributed by atoms with van der Waals surface area (Å²) in [6, 6.07) is 21.4. The van der Waals surface area contributed by atoms with Gasteiger partial charge < -0.3 is 4.67 Å². The average Bonchev–Trinajstić information content (AvgIpc) is 2.97. The lowest BCUT2D eigenvalue weighted by molar-refractivity contribution is -0.126. The van der Waals surface area contributed by atoms with Crippen molar-refractivity contribution in [3.05, 3.63) is 71.8 Å². The lowest BCUT2D eigenvalue weighted by Crippen LogP contribution is -2.16. The molecule has 5 heteroatoms. The van der Waals surface area contributed by atoms with E-state index in [1.807, 2.05) is 54.1 Å². The summed E-state index contributed by atoms with van der Waals surface area (Å²) in [5.74, 6) is 0.663. The Balaban J connectivity index is 0. The molecule has 1 fully saturated rings. The maximum atomic E-state index is 11.2. The SMILES string of the molecule is C.C.CPPN1CCC(C)C1=O.Cc1ccccc1.N#Cc1ccccc1. The molecule has 0 spiro atoms. The Bertz CT molecular complexity index is 655. The predicted molar refractivity (Wildman–Crippen MR) is 124 cm³/mol. The number of hydrogen-bond acceptors (Lipinski definition) is 2. The number of nitrogens with zero attached hydrogens (tertiary/aromatic N) is 2. The monoisotopic (exact) mass is 404 g/mol. The Hall–Kier alpha value is -1.74. The molecule has 0 radical (unpaired) electrons. The number of nitriles is 1. The second-order valence-corrected chi connectivity index (χ2v) is 9.11. The fraction of sp³-hybridized carbons (Fsp3) is 0.364. The van der Waals surface area contributed by atoms with Crippen LogP contribution < -0.4 is 0 Å². The molecule has 1 saturated heterocycles. The first-order chi connectivity index (χ1) is 12.1. The molecule has 1 amide bonds. The topological polar surface area (TPSA) is 44.1 Å². The van der Waals surface area contributed by atoms with Crippen molar-refractivity contribution in [3.8, 4) is 6.07 Å². The Kier molecular flexibility index (Phi) is 16.7. The molecule has 2 aromatic carbocycles. The molecule has 1 aliphatic heterocycles. The van der Waals surface area contributed by atoms with E-state index >= 15 is 0 Å². The van der Waals surface area contributed by atoms with Crippen molar-refractivity contribution in [2.75, 3.05) is 13.2 Å². The highest BCUT2D eigenvalue weighted by atomic mass is 32.0. The zero-order valence-electron chi connectivity index (χ0n) is 15.1. The maximum Gasteiger partial charge on any atom is 0.228 e. The number of carbonyl (C=O) groups is 1.